The number of aliphatic hydroxyl groups excluding tert-OH is 1. The predicted octanol–water partition coefficient (Wildman–Crippen LogP) is 3.09. The zero-order chi connectivity index (χ0) is 24.8. The molecule has 3 atom stereocenters. The summed E-state index contributed by atoms with van der Waals surface area (Å²) in [6, 6.07) is 1.04. The van der Waals surface area contributed by atoms with Crippen LogP contribution in [0.4, 0.5) is 10.1 Å². The Bertz CT molecular complexity index is 1160. The molecule has 0 amide bonds. The van der Waals surface area contributed by atoms with Gasteiger partial charge in [0.25, 0.3) is 0 Å². The first-order valence-corrected chi connectivity index (χ1v) is 12.2. The van der Waals surface area contributed by atoms with Gasteiger partial charge in [0.2, 0.25) is 5.43 Å². The van der Waals surface area contributed by atoms with Gasteiger partial charge in [0, 0.05) is 37.4 Å². The number of carboxylic acid groups (broad SMARTS) is 1. The Morgan fingerprint density at radius 1 is 1.32 bits per heavy atom. The maximum atomic E-state index is 15.3. The minimum Gasteiger partial charge on any atom is -0.504 e. The Hall–Kier alpha value is -2.65. The highest BCUT2D eigenvalue weighted by atomic mass is 19.1. The number of nitrogens with zero attached hydrogens (tertiary/aromatic N) is 2. The van der Waals surface area contributed by atoms with Crippen LogP contribution in [0.2, 0.25) is 0 Å². The van der Waals surface area contributed by atoms with Gasteiger partial charge >= 0.3 is 5.97 Å². The van der Waals surface area contributed by atoms with Crippen molar-refractivity contribution in [3.63, 3.8) is 0 Å². The van der Waals surface area contributed by atoms with E-state index in [1.165, 1.54) is 6.20 Å². The number of benzene rings is 1. The van der Waals surface area contributed by atoms with Gasteiger partial charge in [-0.2, -0.15) is 0 Å². The molecule has 186 valence electrons. The van der Waals surface area contributed by atoms with Gasteiger partial charge in [0.15, 0.2) is 11.6 Å². The number of hydrogen-bond acceptors (Lipinski definition) is 6. The van der Waals surface area contributed by atoms with Crippen molar-refractivity contribution in [2.24, 2.45) is 11.8 Å². The van der Waals surface area contributed by atoms with E-state index >= 15 is 4.39 Å². The van der Waals surface area contributed by atoms with E-state index in [0.29, 0.717) is 19.6 Å². The average molecular weight is 476 g/mol. The smallest absolute Gasteiger partial charge is 0.341 e. The van der Waals surface area contributed by atoms with Crippen molar-refractivity contribution in [3.8, 4) is 5.75 Å². The highest BCUT2D eigenvalue weighted by Gasteiger charge is 2.51. The van der Waals surface area contributed by atoms with Gasteiger partial charge in [-0.15, -0.1) is 0 Å². The molecule has 1 aromatic carbocycles. The van der Waals surface area contributed by atoms with Gasteiger partial charge < -0.3 is 30.1 Å². The van der Waals surface area contributed by atoms with Crippen LogP contribution in [-0.2, 0) is 0 Å². The van der Waals surface area contributed by atoms with Gasteiger partial charge in [-0.05, 0) is 43.6 Å². The Kier molecular flexibility index (Phi) is 6.61. The molecule has 2 heterocycles. The molecule has 0 bridgehead atoms. The van der Waals surface area contributed by atoms with E-state index in [9.17, 15) is 19.8 Å². The third-order valence-corrected chi connectivity index (χ3v) is 7.53. The summed E-state index contributed by atoms with van der Waals surface area (Å²) >= 11 is 0. The van der Waals surface area contributed by atoms with Gasteiger partial charge in [-0.25, -0.2) is 9.18 Å². The molecule has 3 fully saturated rings. The second kappa shape index (κ2) is 9.19. The van der Waals surface area contributed by atoms with Crippen molar-refractivity contribution in [2.75, 3.05) is 31.1 Å². The van der Waals surface area contributed by atoms with E-state index in [4.69, 9.17) is 5.11 Å². The summed E-state index contributed by atoms with van der Waals surface area (Å²) in [5.74, 6) is -1.85. The van der Waals surface area contributed by atoms with Crippen LogP contribution in [0.3, 0.4) is 0 Å². The number of rotatable bonds is 7. The largest absolute Gasteiger partial charge is 0.504 e. The SMILES string of the molecule is CC.C[C@H]1CC1n1cc(C(=O)O)c(=O)c2cc(F)c(N3CCC(C4(NCCO)CC4)C3)c(O)c21. The van der Waals surface area contributed by atoms with Crippen molar-refractivity contribution in [1.29, 1.82) is 0 Å². The van der Waals surface area contributed by atoms with E-state index in [1.807, 2.05) is 25.7 Å². The fourth-order valence-electron chi connectivity index (χ4n) is 5.45. The Morgan fingerprint density at radius 3 is 2.56 bits per heavy atom. The first kappa shape index (κ1) is 24.5. The van der Waals surface area contributed by atoms with Crippen LogP contribution in [0.1, 0.15) is 62.9 Å². The molecule has 1 aromatic heterocycles. The summed E-state index contributed by atoms with van der Waals surface area (Å²) in [6.45, 7) is 7.72. The number of phenols is 1. The van der Waals surface area contributed by atoms with Crippen molar-refractivity contribution < 1.29 is 24.5 Å². The van der Waals surface area contributed by atoms with Gasteiger partial charge in [0.05, 0.1) is 17.5 Å². The van der Waals surface area contributed by atoms with E-state index < -0.39 is 22.8 Å². The minimum absolute atomic E-state index is 0.0378. The van der Waals surface area contributed by atoms with E-state index in [0.717, 1.165) is 31.7 Å². The number of aromatic nitrogens is 1. The Balaban J connectivity index is 0.00000133. The molecule has 2 aliphatic carbocycles. The standard InChI is InChI=1S/C23H28FN3O5.C2H6/c1-12-8-17(12)27-11-15(22(31)32)20(29)14-9-16(24)19(21(30)18(14)27)26-6-2-13(10-26)23(3-4-23)25-5-7-28;1-2/h9,11-13,17,25,28,30H,2-8,10H2,1H3,(H,31,32);1-2H3/t12-,13?,17?;/m0./s1. The number of aromatic hydroxyl groups is 1. The molecule has 9 heteroatoms. The number of aromatic carboxylic acids is 1. The number of nitrogens with one attached hydrogen (secondary N) is 1. The molecule has 5 rings (SSSR count). The molecule has 1 aliphatic heterocycles. The first-order chi connectivity index (χ1) is 16.3. The molecule has 2 saturated carbocycles. The normalized spacial score (nSPS) is 24.6. The number of halogens is 1. The molecular weight excluding hydrogens is 441 g/mol. The lowest BCUT2D eigenvalue weighted by molar-refractivity contribution is 0.0694. The number of carbonyl (C=O) groups is 1. The average Bonchev–Trinajstić information content (AvgIpc) is 3.71. The van der Waals surface area contributed by atoms with Crippen LogP contribution in [-0.4, -0.2) is 57.6 Å². The van der Waals surface area contributed by atoms with Gasteiger partial charge in [0.1, 0.15) is 11.3 Å². The quantitative estimate of drug-likeness (QED) is 0.486. The Labute approximate surface area is 198 Å². The van der Waals surface area contributed by atoms with Crippen molar-refractivity contribution in [2.45, 2.75) is 58.0 Å². The lowest BCUT2D eigenvalue weighted by Gasteiger charge is -2.26. The summed E-state index contributed by atoms with van der Waals surface area (Å²) in [5.41, 5.74) is -0.976. The summed E-state index contributed by atoms with van der Waals surface area (Å²) in [4.78, 5) is 26.2. The molecule has 4 N–H and O–H groups in total. The lowest BCUT2D eigenvalue weighted by atomic mass is 9.96. The van der Waals surface area contributed by atoms with Crippen molar-refractivity contribution in [1.82, 2.24) is 9.88 Å². The number of anilines is 1. The minimum atomic E-state index is -1.37. The van der Waals surface area contributed by atoms with Crippen LogP contribution in [0.25, 0.3) is 10.9 Å². The zero-order valence-corrected chi connectivity index (χ0v) is 20.0. The third kappa shape index (κ3) is 4.05. The van der Waals surface area contributed by atoms with Crippen LogP contribution in [0.15, 0.2) is 17.1 Å². The summed E-state index contributed by atoms with van der Waals surface area (Å²) in [5, 5.41) is 33.1. The maximum Gasteiger partial charge on any atom is 0.341 e. The predicted molar refractivity (Wildman–Crippen MR) is 128 cm³/mol. The lowest BCUT2D eigenvalue weighted by Crippen LogP contribution is -2.41. The van der Waals surface area contributed by atoms with Crippen molar-refractivity contribution in [3.05, 3.63) is 33.9 Å². The summed E-state index contributed by atoms with van der Waals surface area (Å²) in [7, 11) is 0. The number of β-amino-alcohol motifs (C(OH)–C–C–N with tert-alkyl or cyclic N) is 1. The first-order valence-electron chi connectivity index (χ1n) is 12.2. The number of aliphatic hydroxyl groups is 1. The van der Waals surface area contributed by atoms with E-state index in [2.05, 4.69) is 5.32 Å². The molecule has 2 unspecified atom stereocenters. The number of carboxylic acids is 1. The summed E-state index contributed by atoms with van der Waals surface area (Å²) < 4.78 is 16.9. The third-order valence-electron chi connectivity index (χ3n) is 7.53. The number of pyridine rings is 1. The van der Waals surface area contributed by atoms with Crippen LogP contribution in [0.5, 0.6) is 5.75 Å². The fourth-order valence-corrected chi connectivity index (χ4v) is 5.45. The molecular formula is C25H34FN3O5. The summed E-state index contributed by atoms with van der Waals surface area (Å²) in [6.07, 6.45) is 4.94. The van der Waals surface area contributed by atoms with Crippen LogP contribution >= 0.6 is 0 Å². The molecule has 1 saturated heterocycles. The maximum absolute atomic E-state index is 15.3. The second-order valence-electron chi connectivity index (χ2n) is 9.55. The highest BCUT2D eigenvalue weighted by Crippen LogP contribution is 2.50. The molecule has 3 aliphatic rings. The van der Waals surface area contributed by atoms with Gasteiger partial charge in [-0.1, -0.05) is 20.8 Å². The molecule has 34 heavy (non-hydrogen) atoms. The molecule has 2 aromatic rings. The Morgan fingerprint density at radius 2 is 2.00 bits per heavy atom. The van der Waals surface area contributed by atoms with Crippen LogP contribution < -0.4 is 15.6 Å². The second-order valence-corrected chi connectivity index (χ2v) is 9.55. The highest BCUT2D eigenvalue weighted by molar-refractivity contribution is 5.97. The van der Waals surface area contributed by atoms with E-state index in [-0.39, 0.29) is 52.4 Å². The van der Waals surface area contributed by atoms with E-state index in [1.54, 1.807) is 4.57 Å². The van der Waals surface area contributed by atoms with Crippen molar-refractivity contribution >= 4 is 22.6 Å². The molecule has 8 nitrogen and oxygen atoms in total. The number of phenolic OH excluding ortho intramolecular Hbond substituents is 1. The monoisotopic (exact) mass is 475 g/mol. The molecule has 0 radical (unpaired) electrons. The zero-order valence-electron chi connectivity index (χ0n) is 20.0. The topological polar surface area (TPSA) is 115 Å². The fraction of sp³-hybridized carbons (Fsp3) is 0.600. The molecule has 0 spiro atoms. The number of fused-ring (bicyclic) bond motifs is 1. The number of hydrogen-bond donors (Lipinski definition) is 4. The van der Waals surface area contributed by atoms with Gasteiger partial charge in [-0.3, -0.25) is 4.79 Å². The van der Waals surface area contributed by atoms with Crippen LogP contribution in [0, 0.1) is 17.7 Å².